The lowest BCUT2D eigenvalue weighted by molar-refractivity contribution is -0.118. The van der Waals surface area contributed by atoms with E-state index in [4.69, 9.17) is 0 Å². The first-order valence-corrected chi connectivity index (χ1v) is 8.80. The van der Waals surface area contributed by atoms with Crippen LogP contribution in [0, 0.1) is 0 Å². The second-order valence-corrected chi connectivity index (χ2v) is 6.86. The second kappa shape index (κ2) is 7.08. The fourth-order valence-electron chi connectivity index (χ4n) is 3.53. The number of para-hydroxylation sites is 2. The highest BCUT2D eigenvalue weighted by Crippen LogP contribution is 2.32. The highest BCUT2D eigenvalue weighted by Gasteiger charge is 2.29. The summed E-state index contributed by atoms with van der Waals surface area (Å²) in [7, 11) is 0. The fourth-order valence-corrected chi connectivity index (χ4v) is 3.53. The number of benzene rings is 2. The number of anilines is 2. The molecule has 1 heterocycles. The normalized spacial score (nSPS) is 16.3. The Kier molecular flexibility index (Phi) is 4.89. The van der Waals surface area contributed by atoms with Crippen molar-refractivity contribution >= 4 is 17.3 Å². The van der Waals surface area contributed by atoms with Gasteiger partial charge in [0, 0.05) is 30.4 Å². The molecule has 1 aliphatic rings. The summed E-state index contributed by atoms with van der Waals surface area (Å²) in [6, 6.07) is 16.8. The van der Waals surface area contributed by atoms with Gasteiger partial charge >= 0.3 is 0 Å². The molecule has 1 amide bonds. The van der Waals surface area contributed by atoms with Crippen LogP contribution in [0.4, 0.5) is 11.4 Å². The predicted molar refractivity (Wildman–Crippen MR) is 101 cm³/mol. The minimum Gasteiger partial charge on any atom is -0.384 e. The maximum atomic E-state index is 12.7. The largest absolute Gasteiger partial charge is 0.384 e. The Balaban J connectivity index is 1.63. The predicted octanol–water partition coefficient (Wildman–Crippen LogP) is 4.59. The molecule has 1 atom stereocenters. The zero-order chi connectivity index (χ0) is 17.1. The fraction of sp³-hybridized carbons (Fsp3) is 0.381. The van der Waals surface area contributed by atoms with Gasteiger partial charge in [0.15, 0.2) is 0 Å². The Morgan fingerprint density at radius 1 is 1.17 bits per heavy atom. The summed E-state index contributed by atoms with van der Waals surface area (Å²) in [5, 5.41) is 3.44. The number of amides is 1. The Labute approximate surface area is 144 Å². The van der Waals surface area contributed by atoms with Gasteiger partial charge in [-0.25, -0.2) is 0 Å². The molecule has 1 N–H and O–H groups in total. The molecular weight excluding hydrogens is 296 g/mol. The van der Waals surface area contributed by atoms with E-state index in [1.54, 1.807) is 0 Å². The number of nitrogens with one attached hydrogen (secondary N) is 1. The number of carbonyl (C=O) groups is 1. The lowest BCUT2D eigenvalue weighted by Gasteiger charge is -2.23. The van der Waals surface area contributed by atoms with Crippen LogP contribution in [-0.2, 0) is 11.2 Å². The highest BCUT2D eigenvalue weighted by atomic mass is 16.2. The van der Waals surface area contributed by atoms with Gasteiger partial charge in [-0.1, -0.05) is 50.2 Å². The summed E-state index contributed by atoms with van der Waals surface area (Å²) in [6.45, 7) is 7.16. The zero-order valence-electron chi connectivity index (χ0n) is 14.8. The zero-order valence-corrected chi connectivity index (χ0v) is 14.8. The van der Waals surface area contributed by atoms with Gasteiger partial charge in [-0.2, -0.15) is 0 Å². The van der Waals surface area contributed by atoms with Crippen LogP contribution in [0.2, 0.25) is 0 Å². The van der Waals surface area contributed by atoms with Gasteiger partial charge in [0.2, 0.25) is 5.91 Å². The summed E-state index contributed by atoms with van der Waals surface area (Å²) >= 11 is 0. The number of nitrogens with zero attached hydrogens (tertiary/aromatic N) is 1. The van der Waals surface area contributed by atoms with Gasteiger partial charge in [0.25, 0.3) is 0 Å². The van der Waals surface area contributed by atoms with Crippen molar-refractivity contribution in [2.75, 3.05) is 16.8 Å². The molecule has 3 rings (SSSR count). The van der Waals surface area contributed by atoms with Crippen molar-refractivity contribution in [1.29, 1.82) is 0 Å². The van der Waals surface area contributed by atoms with Gasteiger partial charge in [-0.3, -0.25) is 4.79 Å². The molecule has 126 valence electrons. The number of fused-ring (bicyclic) bond motifs is 1. The number of hydrogen-bond acceptors (Lipinski definition) is 2. The van der Waals surface area contributed by atoms with Crippen LogP contribution in [0.1, 0.15) is 44.2 Å². The van der Waals surface area contributed by atoms with Crippen molar-refractivity contribution in [3.8, 4) is 0 Å². The molecule has 0 bridgehead atoms. The van der Waals surface area contributed by atoms with Gasteiger partial charge in [0.1, 0.15) is 0 Å². The van der Waals surface area contributed by atoms with E-state index in [9.17, 15) is 4.79 Å². The third kappa shape index (κ3) is 3.30. The molecule has 3 heteroatoms. The van der Waals surface area contributed by atoms with Crippen molar-refractivity contribution in [3.63, 3.8) is 0 Å². The lowest BCUT2D eigenvalue weighted by atomic mass is 10.0. The SMILES string of the molecule is CC(C)c1ccccc1NCCC(=O)N1c2ccccc2CC1C. The third-order valence-corrected chi connectivity index (χ3v) is 4.71. The Morgan fingerprint density at radius 3 is 2.67 bits per heavy atom. The number of hydrogen-bond donors (Lipinski definition) is 1. The van der Waals surface area contributed by atoms with Crippen molar-refractivity contribution in [1.82, 2.24) is 0 Å². The van der Waals surface area contributed by atoms with Crippen LogP contribution in [0.5, 0.6) is 0 Å². The third-order valence-electron chi connectivity index (χ3n) is 4.71. The van der Waals surface area contributed by atoms with Gasteiger partial charge in [0.05, 0.1) is 0 Å². The Bertz CT molecular complexity index is 723. The molecule has 3 nitrogen and oxygen atoms in total. The molecule has 1 aliphatic heterocycles. The van der Waals surface area contributed by atoms with E-state index in [2.05, 4.69) is 56.4 Å². The number of rotatable bonds is 5. The highest BCUT2D eigenvalue weighted by molar-refractivity contribution is 5.96. The molecule has 0 saturated carbocycles. The Morgan fingerprint density at radius 2 is 1.88 bits per heavy atom. The lowest BCUT2D eigenvalue weighted by Crippen LogP contribution is -2.36. The monoisotopic (exact) mass is 322 g/mol. The van der Waals surface area contributed by atoms with E-state index in [0.29, 0.717) is 18.9 Å². The van der Waals surface area contributed by atoms with Crippen LogP contribution >= 0.6 is 0 Å². The first-order chi connectivity index (χ1) is 11.6. The van der Waals surface area contributed by atoms with E-state index < -0.39 is 0 Å². The summed E-state index contributed by atoms with van der Waals surface area (Å²) < 4.78 is 0. The molecule has 0 saturated heterocycles. The molecule has 2 aromatic rings. The van der Waals surface area contributed by atoms with E-state index >= 15 is 0 Å². The average Bonchev–Trinajstić information content (AvgIpc) is 2.90. The van der Waals surface area contributed by atoms with Crippen molar-refractivity contribution in [2.45, 2.75) is 45.6 Å². The molecule has 0 aromatic heterocycles. The van der Waals surface area contributed by atoms with E-state index in [1.165, 1.54) is 11.1 Å². The van der Waals surface area contributed by atoms with Crippen molar-refractivity contribution < 1.29 is 4.79 Å². The minimum absolute atomic E-state index is 0.196. The van der Waals surface area contributed by atoms with Gasteiger partial charge in [-0.05, 0) is 42.5 Å². The molecular formula is C21H26N2O. The standard InChI is InChI=1S/C21H26N2O/c1-15(2)18-9-5-6-10-19(18)22-13-12-21(24)23-16(3)14-17-8-4-7-11-20(17)23/h4-11,15-16,22H,12-14H2,1-3H3. The molecule has 1 unspecified atom stereocenters. The van der Waals surface area contributed by atoms with Crippen LogP contribution in [0.25, 0.3) is 0 Å². The molecule has 0 spiro atoms. The molecule has 0 aliphatic carbocycles. The summed E-state index contributed by atoms with van der Waals surface area (Å²) in [6.07, 6.45) is 1.45. The quantitative estimate of drug-likeness (QED) is 0.873. The minimum atomic E-state index is 0.196. The smallest absolute Gasteiger partial charge is 0.229 e. The molecule has 24 heavy (non-hydrogen) atoms. The second-order valence-electron chi connectivity index (χ2n) is 6.86. The first kappa shape index (κ1) is 16.6. The maximum Gasteiger partial charge on any atom is 0.229 e. The number of carbonyl (C=O) groups excluding carboxylic acids is 1. The van der Waals surface area contributed by atoms with E-state index in [-0.39, 0.29) is 11.9 Å². The summed E-state index contributed by atoms with van der Waals surface area (Å²) in [4.78, 5) is 14.7. The van der Waals surface area contributed by atoms with Gasteiger partial charge in [-0.15, -0.1) is 0 Å². The van der Waals surface area contributed by atoms with E-state index in [1.807, 2.05) is 23.1 Å². The molecule has 0 radical (unpaired) electrons. The van der Waals surface area contributed by atoms with Crippen molar-refractivity contribution in [2.24, 2.45) is 0 Å². The van der Waals surface area contributed by atoms with Crippen LogP contribution < -0.4 is 10.2 Å². The van der Waals surface area contributed by atoms with E-state index in [0.717, 1.165) is 17.8 Å². The van der Waals surface area contributed by atoms with Crippen LogP contribution in [-0.4, -0.2) is 18.5 Å². The topological polar surface area (TPSA) is 32.3 Å². The first-order valence-electron chi connectivity index (χ1n) is 8.80. The van der Waals surface area contributed by atoms with Crippen LogP contribution in [0.3, 0.4) is 0 Å². The molecule has 2 aromatic carbocycles. The summed E-state index contributed by atoms with van der Waals surface area (Å²) in [5.74, 6) is 0.664. The maximum absolute atomic E-state index is 12.7. The van der Waals surface area contributed by atoms with Gasteiger partial charge < -0.3 is 10.2 Å². The van der Waals surface area contributed by atoms with Crippen molar-refractivity contribution in [3.05, 3.63) is 59.7 Å². The summed E-state index contributed by atoms with van der Waals surface area (Å²) in [5.41, 5.74) is 4.79. The average molecular weight is 322 g/mol. The molecule has 0 fully saturated rings. The Hall–Kier alpha value is -2.29. The van der Waals surface area contributed by atoms with Crippen LogP contribution in [0.15, 0.2) is 48.5 Å².